The Morgan fingerprint density at radius 3 is 3.00 bits per heavy atom. The third kappa shape index (κ3) is 1.15. The first kappa shape index (κ1) is 6.83. The summed E-state index contributed by atoms with van der Waals surface area (Å²) in [6.45, 7) is 3.09. The van der Waals surface area contributed by atoms with Gasteiger partial charge in [-0.25, -0.2) is 0 Å². The molecule has 0 aromatic heterocycles. The van der Waals surface area contributed by atoms with Crippen LogP contribution in [0.5, 0.6) is 0 Å². The van der Waals surface area contributed by atoms with E-state index >= 15 is 0 Å². The molecule has 0 saturated heterocycles. The highest BCUT2D eigenvalue weighted by molar-refractivity contribution is 5.30. The monoisotopic (exact) mass is 148 g/mol. The van der Waals surface area contributed by atoms with Crippen molar-refractivity contribution >= 4 is 0 Å². The standard InChI is InChI=1S/C9H12N2/c1-7-9-5-3-2-4-8(9)6-10-11-7/h2-5,7,10-11H,6H2,1H3. The molecule has 2 N–H and O–H groups in total. The van der Waals surface area contributed by atoms with Gasteiger partial charge < -0.3 is 0 Å². The van der Waals surface area contributed by atoms with Crippen molar-refractivity contribution in [2.45, 2.75) is 19.5 Å². The average Bonchev–Trinajstić information content (AvgIpc) is 2.06. The number of hydrazine groups is 1. The van der Waals surface area contributed by atoms with Crippen LogP contribution in [-0.2, 0) is 6.54 Å². The quantitative estimate of drug-likeness (QED) is 0.580. The van der Waals surface area contributed by atoms with Crippen molar-refractivity contribution in [2.75, 3.05) is 0 Å². The number of nitrogens with one attached hydrogen (secondary N) is 2. The topological polar surface area (TPSA) is 24.1 Å². The lowest BCUT2D eigenvalue weighted by atomic mass is 10.0. The van der Waals surface area contributed by atoms with Crippen LogP contribution in [0.3, 0.4) is 0 Å². The van der Waals surface area contributed by atoms with Crippen molar-refractivity contribution in [3.63, 3.8) is 0 Å². The van der Waals surface area contributed by atoms with E-state index in [4.69, 9.17) is 0 Å². The van der Waals surface area contributed by atoms with Gasteiger partial charge in [0.25, 0.3) is 0 Å². The van der Waals surface area contributed by atoms with Crippen LogP contribution in [0.15, 0.2) is 24.3 Å². The fourth-order valence-corrected chi connectivity index (χ4v) is 1.49. The normalized spacial score (nSPS) is 22.8. The van der Waals surface area contributed by atoms with E-state index in [1.807, 2.05) is 0 Å². The number of rotatable bonds is 0. The zero-order chi connectivity index (χ0) is 7.68. The smallest absolute Gasteiger partial charge is 0.0437 e. The van der Waals surface area contributed by atoms with Crippen LogP contribution in [0.4, 0.5) is 0 Å². The van der Waals surface area contributed by atoms with E-state index in [0.717, 1.165) is 6.54 Å². The number of benzene rings is 1. The third-order valence-corrected chi connectivity index (χ3v) is 2.12. The maximum absolute atomic E-state index is 3.19. The summed E-state index contributed by atoms with van der Waals surface area (Å²) >= 11 is 0. The molecule has 0 spiro atoms. The Kier molecular flexibility index (Phi) is 1.64. The zero-order valence-corrected chi connectivity index (χ0v) is 6.59. The first-order valence-corrected chi connectivity index (χ1v) is 3.94. The van der Waals surface area contributed by atoms with Gasteiger partial charge >= 0.3 is 0 Å². The van der Waals surface area contributed by atoms with Gasteiger partial charge in [-0.2, -0.15) is 0 Å². The van der Waals surface area contributed by atoms with Gasteiger partial charge in [-0.3, -0.25) is 10.9 Å². The van der Waals surface area contributed by atoms with Gasteiger partial charge in [0.2, 0.25) is 0 Å². The lowest BCUT2D eigenvalue weighted by molar-refractivity contribution is 0.428. The Morgan fingerprint density at radius 1 is 1.36 bits per heavy atom. The largest absolute Gasteiger partial charge is 0.253 e. The highest BCUT2D eigenvalue weighted by Crippen LogP contribution is 2.19. The highest BCUT2D eigenvalue weighted by atomic mass is 15.4. The van der Waals surface area contributed by atoms with Crippen molar-refractivity contribution in [3.8, 4) is 0 Å². The molecule has 0 amide bonds. The second-order valence-electron chi connectivity index (χ2n) is 2.92. The van der Waals surface area contributed by atoms with Crippen molar-refractivity contribution in [1.82, 2.24) is 10.9 Å². The molecule has 1 aliphatic heterocycles. The molecule has 1 atom stereocenters. The molecule has 1 unspecified atom stereocenters. The van der Waals surface area contributed by atoms with E-state index in [2.05, 4.69) is 42.0 Å². The van der Waals surface area contributed by atoms with Crippen molar-refractivity contribution < 1.29 is 0 Å². The summed E-state index contributed by atoms with van der Waals surface area (Å²) in [7, 11) is 0. The Morgan fingerprint density at radius 2 is 2.18 bits per heavy atom. The van der Waals surface area contributed by atoms with Crippen LogP contribution in [0.2, 0.25) is 0 Å². The Bertz CT molecular complexity index is 257. The predicted octanol–water partition coefficient (Wildman–Crippen LogP) is 1.36. The molecular formula is C9H12N2. The second-order valence-corrected chi connectivity index (χ2v) is 2.92. The molecule has 11 heavy (non-hydrogen) atoms. The summed E-state index contributed by atoms with van der Waals surface area (Å²) in [4.78, 5) is 0. The summed E-state index contributed by atoms with van der Waals surface area (Å²) in [6, 6.07) is 8.94. The molecule has 2 rings (SSSR count). The van der Waals surface area contributed by atoms with Gasteiger partial charge in [-0.1, -0.05) is 24.3 Å². The molecule has 1 aromatic rings. The van der Waals surface area contributed by atoms with Gasteiger partial charge in [0.05, 0.1) is 0 Å². The summed E-state index contributed by atoms with van der Waals surface area (Å²) in [5.74, 6) is 0. The Hall–Kier alpha value is -0.860. The van der Waals surface area contributed by atoms with E-state index in [0.29, 0.717) is 6.04 Å². The van der Waals surface area contributed by atoms with E-state index in [-0.39, 0.29) is 0 Å². The molecule has 0 fully saturated rings. The molecule has 58 valence electrons. The molecule has 2 nitrogen and oxygen atoms in total. The molecule has 0 saturated carbocycles. The lowest BCUT2D eigenvalue weighted by Gasteiger charge is -2.24. The highest BCUT2D eigenvalue weighted by Gasteiger charge is 2.12. The zero-order valence-electron chi connectivity index (χ0n) is 6.59. The maximum Gasteiger partial charge on any atom is 0.0437 e. The van der Waals surface area contributed by atoms with Crippen molar-refractivity contribution in [2.24, 2.45) is 0 Å². The van der Waals surface area contributed by atoms with Crippen LogP contribution in [0.25, 0.3) is 0 Å². The SMILES string of the molecule is CC1NNCc2ccccc21. The fourth-order valence-electron chi connectivity index (χ4n) is 1.49. The molecule has 1 aliphatic rings. The summed E-state index contributed by atoms with van der Waals surface area (Å²) < 4.78 is 0. The summed E-state index contributed by atoms with van der Waals surface area (Å²) in [5, 5.41) is 0. The van der Waals surface area contributed by atoms with Gasteiger partial charge in [-0.15, -0.1) is 0 Å². The fraction of sp³-hybridized carbons (Fsp3) is 0.333. The molecular weight excluding hydrogens is 136 g/mol. The van der Waals surface area contributed by atoms with Crippen LogP contribution in [0.1, 0.15) is 24.1 Å². The Labute approximate surface area is 66.6 Å². The van der Waals surface area contributed by atoms with E-state index < -0.39 is 0 Å². The van der Waals surface area contributed by atoms with Gasteiger partial charge in [-0.05, 0) is 18.1 Å². The maximum atomic E-state index is 3.19. The lowest BCUT2D eigenvalue weighted by Crippen LogP contribution is -2.38. The van der Waals surface area contributed by atoms with E-state index in [1.54, 1.807) is 0 Å². The molecule has 1 heterocycles. The first-order valence-electron chi connectivity index (χ1n) is 3.94. The van der Waals surface area contributed by atoms with Gasteiger partial charge in [0.15, 0.2) is 0 Å². The third-order valence-electron chi connectivity index (χ3n) is 2.12. The number of hydrogen-bond donors (Lipinski definition) is 2. The van der Waals surface area contributed by atoms with Crippen LogP contribution < -0.4 is 10.9 Å². The van der Waals surface area contributed by atoms with E-state index in [9.17, 15) is 0 Å². The first-order chi connectivity index (χ1) is 5.38. The summed E-state index contributed by atoms with van der Waals surface area (Å²) in [6.07, 6.45) is 0. The molecule has 2 heteroatoms. The molecule has 0 radical (unpaired) electrons. The molecule has 0 bridgehead atoms. The summed E-state index contributed by atoms with van der Waals surface area (Å²) in [5.41, 5.74) is 9.14. The van der Waals surface area contributed by atoms with Crippen LogP contribution in [-0.4, -0.2) is 0 Å². The Balaban J connectivity index is 2.44. The second kappa shape index (κ2) is 2.64. The van der Waals surface area contributed by atoms with Gasteiger partial charge in [0.1, 0.15) is 0 Å². The van der Waals surface area contributed by atoms with Gasteiger partial charge in [0, 0.05) is 12.6 Å². The molecule has 1 aromatic carbocycles. The average molecular weight is 148 g/mol. The number of hydrogen-bond acceptors (Lipinski definition) is 2. The van der Waals surface area contributed by atoms with E-state index in [1.165, 1.54) is 11.1 Å². The predicted molar refractivity (Wildman–Crippen MR) is 44.8 cm³/mol. The van der Waals surface area contributed by atoms with Crippen LogP contribution >= 0.6 is 0 Å². The minimum absolute atomic E-state index is 0.431. The van der Waals surface area contributed by atoms with Crippen molar-refractivity contribution in [1.29, 1.82) is 0 Å². The minimum Gasteiger partial charge on any atom is -0.253 e. The minimum atomic E-state index is 0.431. The molecule has 0 aliphatic carbocycles. The number of fused-ring (bicyclic) bond motifs is 1. The van der Waals surface area contributed by atoms with Crippen molar-refractivity contribution in [3.05, 3.63) is 35.4 Å². The van der Waals surface area contributed by atoms with Crippen LogP contribution in [0, 0.1) is 0 Å².